The number of fused-ring (bicyclic) bond motifs is 2. The molecule has 0 aromatic rings. The highest BCUT2D eigenvalue weighted by atomic mass is 16.6. The first-order chi connectivity index (χ1) is 13.8. The maximum Gasteiger partial charge on any atom is 0.312 e. The number of rotatable bonds is 1. The van der Waals surface area contributed by atoms with Crippen LogP contribution in [0.3, 0.4) is 0 Å². The third-order valence-corrected chi connectivity index (χ3v) is 7.75. The Kier molecular flexibility index (Phi) is 5.86. The number of aliphatic hydroxyl groups excluding tert-OH is 2. The van der Waals surface area contributed by atoms with E-state index in [-0.39, 0.29) is 12.8 Å². The number of hydrogen-bond acceptors (Lipinski definition) is 8. The van der Waals surface area contributed by atoms with E-state index < -0.39 is 64.8 Å². The molecule has 2 fully saturated rings. The molecule has 0 spiro atoms. The number of carbonyl (C=O) groups is 2. The summed E-state index contributed by atoms with van der Waals surface area (Å²) in [7, 11) is 0. The molecule has 30 heavy (non-hydrogen) atoms. The Balaban J connectivity index is 2.30. The summed E-state index contributed by atoms with van der Waals surface area (Å²) in [5.74, 6) is -3.44. The summed E-state index contributed by atoms with van der Waals surface area (Å²) in [5, 5.41) is 45.5. The molecule has 8 nitrogen and oxygen atoms in total. The van der Waals surface area contributed by atoms with Gasteiger partial charge in [-0.25, -0.2) is 0 Å². The van der Waals surface area contributed by atoms with Gasteiger partial charge >= 0.3 is 11.9 Å². The Labute approximate surface area is 176 Å². The summed E-state index contributed by atoms with van der Waals surface area (Å²) >= 11 is 0. The van der Waals surface area contributed by atoms with Crippen LogP contribution in [-0.4, -0.2) is 68.0 Å². The predicted molar refractivity (Wildman–Crippen MR) is 106 cm³/mol. The van der Waals surface area contributed by atoms with E-state index >= 15 is 0 Å². The molecular weight excluding hydrogens is 392 g/mol. The van der Waals surface area contributed by atoms with E-state index in [0.717, 1.165) is 5.57 Å². The fourth-order valence-electron chi connectivity index (χ4n) is 5.81. The number of esters is 2. The minimum Gasteiger partial charge on any atom is -0.459 e. The maximum absolute atomic E-state index is 12.5. The van der Waals surface area contributed by atoms with Crippen LogP contribution in [0, 0.1) is 17.3 Å². The largest absolute Gasteiger partial charge is 0.459 e. The van der Waals surface area contributed by atoms with Crippen LogP contribution in [0.15, 0.2) is 11.6 Å². The van der Waals surface area contributed by atoms with E-state index in [4.69, 9.17) is 9.47 Å². The van der Waals surface area contributed by atoms with Crippen molar-refractivity contribution >= 4 is 11.9 Å². The molecule has 2 aliphatic carbocycles. The normalized spacial score (nSPS) is 51.1. The zero-order valence-corrected chi connectivity index (χ0v) is 18.3. The molecule has 1 heterocycles. The van der Waals surface area contributed by atoms with Crippen LogP contribution in [0.2, 0.25) is 0 Å². The lowest BCUT2D eigenvalue weighted by atomic mass is 9.52. The third kappa shape index (κ3) is 3.38. The zero-order valence-electron chi connectivity index (χ0n) is 18.3. The van der Waals surface area contributed by atoms with Crippen LogP contribution in [0.1, 0.15) is 60.3 Å². The van der Waals surface area contributed by atoms with Gasteiger partial charge in [-0.05, 0) is 52.5 Å². The lowest BCUT2D eigenvalue weighted by molar-refractivity contribution is -0.261. The highest BCUT2D eigenvalue weighted by molar-refractivity contribution is 5.77. The fourth-order valence-corrected chi connectivity index (χ4v) is 5.81. The number of aliphatic hydroxyl groups is 4. The standard InChI is InChI=1S/C22H34O8/c1-11-6-7-14(24)21(5)15(25)8-9-20(4,27)17(21)18(29-13(3)23)22(28)12(2)19(26)30-16(22)10-11/h10,12,14-18,24-25,27-28H,6-9H2,1-5H3/b11-10-/t12-,14-,15-,16-,17-,18-,20-,21-,22-/m0/s1. The molecule has 170 valence electrons. The monoisotopic (exact) mass is 426 g/mol. The first-order valence-electron chi connectivity index (χ1n) is 10.6. The van der Waals surface area contributed by atoms with Crippen LogP contribution in [0.4, 0.5) is 0 Å². The van der Waals surface area contributed by atoms with E-state index in [1.807, 2.05) is 0 Å². The van der Waals surface area contributed by atoms with E-state index in [1.165, 1.54) is 13.8 Å². The minimum absolute atomic E-state index is 0.178. The van der Waals surface area contributed by atoms with Crippen molar-refractivity contribution in [2.24, 2.45) is 17.3 Å². The molecule has 1 saturated carbocycles. The highest BCUT2D eigenvalue weighted by Crippen LogP contribution is 2.56. The first-order valence-corrected chi connectivity index (χ1v) is 10.6. The Morgan fingerprint density at radius 3 is 2.40 bits per heavy atom. The molecule has 0 bridgehead atoms. The van der Waals surface area contributed by atoms with Crippen molar-refractivity contribution < 1.29 is 39.5 Å². The van der Waals surface area contributed by atoms with Crippen molar-refractivity contribution in [3.05, 3.63) is 11.6 Å². The van der Waals surface area contributed by atoms with Crippen molar-refractivity contribution in [3.63, 3.8) is 0 Å². The van der Waals surface area contributed by atoms with Gasteiger partial charge in [0, 0.05) is 18.3 Å². The Bertz CT molecular complexity index is 745. The second kappa shape index (κ2) is 7.58. The lowest BCUT2D eigenvalue weighted by Gasteiger charge is -2.58. The van der Waals surface area contributed by atoms with E-state index in [9.17, 15) is 30.0 Å². The summed E-state index contributed by atoms with van der Waals surface area (Å²) < 4.78 is 11.1. The zero-order chi connectivity index (χ0) is 22.6. The van der Waals surface area contributed by atoms with Gasteiger partial charge in [0.05, 0.1) is 23.7 Å². The van der Waals surface area contributed by atoms with Crippen molar-refractivity contribution in [1.29, 1.82) is 0 Å². The van der Waals surface area contributed by atoms with Crippen molar-refractivity contribution in [1.82, 2.24) is 0 Å². The van der Waals surface area contributed by atoms with Gasteiger partial charge in [0.25, 0.3) is 0 Å². The van der Waals surface area contributed by atoms with E-state index in [1.54, 1.807) is 26.8 Å². The molecule has 9 atom stereocenters. The summed E-state index contributed by atoms with van der Waals surface area (Å²) in [5.41, 5.74) is -3.97. The highest BCUT2D eigenvalue weighted by Gasteiger charge is 2.69. The van der Waals surface area contributed by atoms with Gasteiger partial charge in [-0.15, -0.1) is 0 Å². The van der Waals surface area contributed by atoms with Gasteiger partial charge in [0.1, 0.15) is 6.10 Å². The van der Waals surface area contributed by atoms with Crippen LogP contribution in [0.25, 0.3) is 0 Å². The van der Waals surface area contributed by atoms with Crippen molar-refractivity contribution in [2.75, 3.05) is 0 Å². The number of hydrogen-bond donors (Lipinski definition) is 4. The van der Waals surface area contributed by atoms with Crippen LogP contribution in [-0.2, 0) is 19.1 Å². The van der Waals surface area contributed by atoms with Gasteiger partial charge in [-0.2, -0.15) is 0 Å². The van der Waals surface area contributed by atoms with Crippen molar-refractivity contribution in [3.8, 4) is 0 Å². The fraction of sp³-hybridized carbons (Fsp3) is 0.818. The van der Waals surface area contributed by atoms with Gasteiger partial charge in [0.2, 0.25) is 0 Å². The predicted octanol–water partition coefficient (Wildman–Crippen LogP) is 0.840. The molecule has 1 aliphatic heterocycles. The Morgan fingerprint density at radius 1 is 1.20 bits per heavy atom. The van der Waals surface area contributed by atoms with Gasteiger partial charge in [-0.1, -0.05) is 12.5 Å². The molecule has 8 heteroatoms. The summed E-state index contributed by atoms with van der Waals surface area (Å²) in [6.45, 7) is 7.69. The summed E-state index contributed by atoms with van der Waals surface area (Å²) in [6, 6.07) is 0. The molecule has 0 radical (unpaired) electrons. The van der Waals surface area contributed by atoms with Crippen LogP contribution >= 0.6 is 0 Å². The summed E-state index contributed by atoms with van der Waals surface area (Å²) in [4.78, 5) is 24.6. The molecule has 3 aliphatic rings. The Hall–Kier alpha value is -1.48. The number of carbonyl (C=O) groups excluding carboxylic acids is 2. The third-order valence-electron chi connectivity index (χ3n) is 7.75. The molecule has 0 aromatic carbocycles. The van der Waals surface area contributed by atoms with Crippen LogP contribution in [0.5, 0.6) is 0 Å². The van der Waals surface area contributed by atoms with Gasteiger partial charge in [0.15, 0.2) is 11.7 Å². The first kappa shape index (κ1) is 23.2. The van der Waals surface area contributed by atoms with Crippen LogP contribution < -0.4 is 0 Å². The Morgan fingerprint density at radius 2 is 1.80 bits per heavy atom. The molecule has 3 rings (SSSR count). The molecule has 4 N–H and O–H groups in total. The molecule has 1 saturated heterocycles. The van der Waals surface area contributed by atoms with Crippen molar-refractivity contribution in [2.45, 2.75) is 95.9 Å². The average molecular weight is 427 g/mol. The van der Waals surface area contributed by atoms with E-state index in [0.29, 0.717) is 12.8 Å². The lowest BCUT2D eigenvalue weighted by Crippen LogP contribution is -2.70. The molecular formula is C22H34O8. The minimum atomic E-state index is -1.98. The van der Waals surface area contributed by atoms with E-state index in [2.05, 4.69) is 0 Å². The molecule has 0 amide bonds. The van der Waals surface area contributed by atoms with Gasteiger partial charge < -0.3 is 29.9 Å². The molecule has 0 aromatic heterocycles. The number of allylic oxidation sites excluding steroid dienone is 1. The maximum atomic E-state index is 12.5. The molecule has 0 unspecified atom stereocenters. The smallest absolute Gasteiger partial charge is 0.312 e. The SMILES string of the molecule is CC(=O)O[C@H]1[C@@H]2[C@@](C)([C@@H](O)CC/C(C)=C\[C@@H]3OC(=O)[C@H](C)[C@]31O)[C@@H](O)CC[C@]2(C)O. The quantitative estimate of drug-likeness (QED) is 0.358. The second-order valence-electron chi connectivity index (χ2n) is 9.82. The second-order valence-corrected chi connectivity index (χ2v) is 9.82. The summed E-state index contributed by atoms with van der Waals surface area (Å²) in [6.07, 6.45) is -1.73. The topological polar surface area (TPSA) is 134 Å². The van der Waals surface area contributed by atoms with Gasteiger partial charge in [-0.3, -0.25) is 9.59 Å². The number of ether oxygens (including phenoxy) is 2. The average Bonchev–Trinajstić information content (AvgIpc) is 2.85.